The highest BCUT2D eigenvalue weighted by molar-refractivity contribution is 9.10. The van der Waals surface area contributed by atoms with E-state index in [1.807, 2.05) is 26.1 Å². The van der Waals surface area contributed by atoms with Crippen LogP contribution in [0.5, 0.6) is 0 Å². The van der Waals surface area contributed by atoms with E-state index in [9.17, 15) is 4.79 Å². The Hall–Kier alpha value is -0.610. The zero-order valence-electron chi connectivity index (χ0n) is 8.46. The fourth-order valence-electron chi connectivity index (χ4n) is 1.26. The fourth-order valence-corrected chi connectivity index (χ4v) is 1.85. The van der Waals surface area contributed by atoms with Crippen molar-refractivity contribution in [1.82, 2.24) is 4.57 Å². The molecule has 0 amide bonds. The summed E-state index contributed by atoms with van der Waals surface area (Å²) >= 11 is 3.23. The van der Waals surface area contributed by atoms with Crippen LogP contribution in [0.1, 0.15) is 18.9 Å². The number of nitrogens with two attached hydrogens (primary N) is 1. The molecular formula is C10H15BrN2O. The van der Waals surface area contributed by atoms with Crippen molar-refractivity contribution in [2.45, 2.75) is 32.9 Å². The average Bonchev–Trinajstić information content (AvgIpc) is 2.13. The lowest BCUT2D eigenvalue weighted by molar-refractivity contribution is 0.525. The molecule has 1 heterocycles. The van der Waals surface area contributed by atoms with Crippen LogP contribution in [0.2, 0.25) is 0 Å². The van der Waals surface area contributed by atoms with Crippen LogP contribution < -0.4 is 11.3 Å². The molecule has 1 rings (SSSR count). The van der Waals surface area contributed by atoms with Gasteiger partial charge in [0.2, 0.25) is 0 Å². The summed E-state index contributed by atoms with van der Waals surface area (Å²) < 4.78 is 2.26. The maximum Gasteiger partial charge on any atom is 0.264 e. The minimum atomic E-state index is -0.0144. The Labute approximate surface area is 92.1 Å². The number of aromatic nitrogens is 1. The second-order valence-electron chi connectivity index (χ2n) is 3.49. The second-order valence-corrected chi connectivity index (χ2v) is 4.35. The normalized spacial score (nSPS) is 12.9. The Balaban J connectivity index is 3.02. The number of pyridine rings is 1. The lowest BCUT2D eigenvalue weighted by Crippen LogP contribution is -2.31. The zero-order valence-corrected chi connectivity index (χ0v) is 10.0. The predicted molar refractivity (Wildman–Crippen MR) is 61.4 cm³/mol. The molecule has 1 aromatic heterocycles. The summed E-state index contributed by atoms with van der Waals surface area (Å²) in [5.74, 6) is 0. The molecule has 0 fully saturated rings. The van der Waals surface area contributed by atoms with Gasteiger partial charge in [0.1, 0.15) is 0 Å². The molecule has 3 nitrogen and oxygen atoms in total. The highest BCUT2D eigenvalue weighted by Gasteiger charge is 2.05. The average molecular weight is 259 g/mol. The van der Waals surface area contributed by atoms with Crippen LogP contribution in [0, 0.1) is 6.92 Å². The minimum Gasteiger partial charge on any atom is -0.326 e. The highest BCUT2D eigenvalue weighted by Crippen LogP contribution is 2.06. The number of hydrogen-bond donors (Lipinski definition) is 1. The lowest BCUT2D eigenvalue weighted by atomic mass is 10.2. The van der Waals surface area contributed by atoms with Crippen molar-refractivity contribution in [3.05, 3.63) is 32.7 Å². The minimum absolute atomic E-state index is 0.0144. The standard InChI is InChI=1S/C10H15BrN2O/c1-3-8(12)6-13-5-7(2)4-9(11)10(13)14/h4-5,8H,3,6,12H2,1-2H3. The first-order valence-corrected chi connectivity index (χ1v) is 5.46. The van der Waals surface area contributed by atoms with Crippen molar-refractivity contribution >= 4 is 15.9 Å². The topological polar surface area (TPSA) is 48.0 Å². The molecule has 0 saturated heterocycles. The maximum absolute atomic E-state index is 11.6. The van der Waals surface area contributed by atoms with E-state index in [1.54, 1.807) is 4.57 Å². The second kappa shape index (κ2) is 4.75. The molecule has 0 aliphatic rings. The van der Waals surface area contributed by atoms with E-state index in [4.69, 9.17) is 5.73 Å². The van der Waals surface area contributed by atoms with E-state index in [0.29, 0.717) is 11.0 Å². The highest BCUT2D eigenvalue weighted by atomic mass is 79.9. The molecule has 1 atom stereocenters. The monoisotopic (exact) mass is 258 g/mol. The van der Waals surface area contributed by atoms with Gasteiger partial charge in [-0.15, -0.1) is 0 Å². The van der Waals surface area contributed by atoms with E-state index < -0.39 is 0 Å². The summed E-state index contributed by atoms with van der Waals surface area (Å²) in [6.07, 6.45) is 2.71. The van der Waals surface area contributed by atoms with E-state index in [2.05, 4.69) is 15.9 Å². The Bertz CT molecular complexity index is 373. The summed E-state index contributed by atoms with van der Waals surface area (Å²) in [6, 6.07) is 1.86. The number of nitrogens with zero attached hydrogens (tertiary/aromatic N) is 1. The van der Waals surface area contributed by atoms with Crippen LogP contribution in [-0.4, -0.2) is 10.6 Å². The first-order chi connectivity index (χ1) is 6.54. The van der Waals surface area contributed by atoms with Crippen molar-refractivity contribution in [1.29, 1.82) is 0 Å². The van der Waals surface area contributed by atoms with Crippen LogP contribution in [-0.2, 0) is 6.54 Å². The van der Waals surface area contributed by atoms with Crippen LogP contribution in [0.25, 0.3) is 0 Å². The van der Waals surface area contributed by atoms with Crippen molar-refractivity contribution in [2.24, 2.45) is 5.73 Å². The van der Waals surface area contributed by atoms with Crippen molar-refractivity contribution < 1.29 is 0 Å². The smallest absolute Gasteiger partial charge is 0.264 e. The molecule has 14 heavy (non-hydrogen) atoms. The van der Waals surface area contributed by atoms with E-state index in [-0.39, 0.29) is 11.6 Å². The third-order valence-corrected chi connectivity index (χ3v) is 2.70. The third kappa shape index (κ3) is 2.69. The first-order valence-electron chi connectivity index (χ1n) is 4.66. The summed E-state index contributed by atoms with van der Waals surface area (Å²) in [4.78, 5) is 11.6. The molecule has 0 aromatic carbocycles. The van der Waals surface area contributed by atoms with Gasteiger partial charge in [0.05, 0.1) is 4.47 Å². The summed E-state index contributed by atoms with van der Waals surface area (Å²) in [5.41, 5.74) is 6.84. The van der Waals surface area contributed by atoms with Gasteiger partial charge >= 0.3 is 0 Å². The van der Waals surface area contributed by atoms with E-state index >= 15 is 0 Å². The molecule has 1 aromatic rings. The summed E-state index contributed by atoms with van der Waals surface area (Å²) in [5, 5.41) is 0. The first kappa shape index (κ1) is 11.5. The van der Waals surface area contributed by atoms with Gasteiger partial charge in [0, 0.05) is 18.8 Å². The van der Waals surface area contributed by atoms with Gasteiger partial charge in [-0.25, -0.2) is 0 Å². The van der Waals surface area contributed by atoms with Crippen molar-refractivity contribution in [2.75, 3.05) is 0 Å². The Morgan fingerprint density at radius 2 is 2.29 bits per heavy atom. The van der Waals surface area contributed by atoms with E-state index in [0.717, 1.165) is 12.0 Å². The van der Waals surface area contributed by atoms with Gasteiger partial charge in [-0.3, -0.25) is 4.79 Å². The molecule has 2 N–H and O–H groups in total. The van der Waals surface area contributed by atoms with Gasteiger partial charge in [-0.1, -0.05) is 6.92 Å². The number of aryl methyl sites for hydroxylation is 1. The molecule has 0 aliphatic heterocycles. The zero-order chi connectivity index (χ0) is 10.7. The van der Waals surface area contributed by atoms with Crippen LogP contribution in [0.3, 0.4) is 0 Å². The van der Waals surface area contributed by atoms with Gasteiger partial charge in [-0.05, 0) is 40.9 Å². The summed E-state index contributed by atoms with van der Waals surface area (Å²) in [6.45, 7) is 4.55. The molecular weight excluding hydrogens is 244 g/mol. The molecule has 0 bridgehead atoms. The van der Waals surface area contributed by atoms with Gasteiger partial charge in [-0.2, -0.15) is 0 Å². The lowest BCUT2D eigenvalue weighted by Gasteiger charge is -2.12. The molecule has 4 heteroatoms. The van der Waals surface area contributed by atoms with Crippen LogP contribution >= 0.6 is 15.9 Å². The maximum atomic E-state index is 11.6. The van der Waals surface area contributed by atoms with Gasteiger partial charge in [0.25, 0.3) is 5.56 Å². The van der Waals surface area contributed by atoms with Gasteiger partial charge < -0.3 is 10.3 Å². The fraction of sp³-hybridized carbons (Fsp3) is 0.500. The molecule has 0 radical (unpaired) electrons. The Morgan fingerprint density at radius 1 is 1.64 bits per heavy atom. The third-order valence-electron chi connectivity index (χ3n) is 2.13. The number of halogens is 1. The van der Waals surface area contributed by atoms with Gasteiger partial charge in [0.15, 0.2) is 0 Å². The Morgan fingerprint density at radius 3 is 2.86 bits per heavy atom. The number of hydrogen-bond acceptors (Lipinski definition) is 2. The number of rotatable bonds is 3. The van der Waals surface area contributed by atoms with Crippen LogP contribution in [0.15, 0.2) is 21.5 Å². The van der Waals surface area contributed by atoms with Crippen LogP contribution in [0.4, 0.5) is 0 Å². The SMILES string of the molecule is CCC(N)Cn1cc(C)cc(Br)c1=O. The molecule has 0 saturated carbocycles. The van der Waals surface area contributed by atoms with Crippen molar-refractivity contribution in [3.63, 3.8) is 0 Å². The molecule has 0 aliphatic carbocycles. The molecule has 1 unspecified atom stereocenters. The van der Waals surface area contributed by atoms with Crippen molar-refractivity contribution in [3.8, 4) is 0 Å². The quantitative estimate of drug-likeness (QED) is 0.897. The molecule has 0 spiro atoms. The van der Waals surface area contributed by atoms with E-state index in [1.165, 1.54) is 0 Å². The Kier molecular flexibility index (Phi) is 3.89. The molecule has 78 valence electrons. The predicted octanol–water partition coefficient (Wildman–Crippen LogP) is 1.66. The summed E-state index contributed by atoms with van der Waals surface area (Å²) in [7, 11) is 0. The largest absolute Gasteiger partial charge is 0.326 e.